The molecule has 0 fully saturated rings. The van der Waals surface area contributed by atoms with E-state index < -0.39 is 0 Å². The van der Waals surface area contributed by atoms with E-state index in [4.69, 9.17) is 26.8 Å². The number of hydrogen-bond acceptors (Lipinski definition) is 5. The summed E-state index contributed by atoms with van der Waals surface area (Å²) in [5.74, 6) is 0.718. The highest BCUT2D eigenvalue weighted by Crippen LogP contribution is 2.38. The zero-order valence-electron chi connectivity index (χ0n) is 10.2. The van der Waals surface area contributed by atoms with Crippen molar-refractivity contribution in [1.82, 2.24) is 4.98 Å². The quantitative estimate of drug-likeness (QED) is 0.829. The predicted molar refractivity (Wildman–Crippen MR) is 74.2 cm³/mol. The molecule has 1 aromatic carbocycles. The number of carbonyl (C=O) groups excluding carboxylic acids is 1. The Balaban J connectivity index is 1.84. The van der Waals surface area contributed by atoms with Gasteiger partial charge in [-0.15, -0.1) is 0 Å². The molecule has 0 radical (unpaired) electrons. The average molecular weight is 292 g/mol. The third-order valence-corrected chi connectivity index (χ3v) is 2.98. The van der Waals surface area contributed by atoms with Gasteiger partial charge >= 0.3 is 0 Å². The maximum absolute atomic E-state index is 12.0. The lowest BCUT2D eigenvalue weighted by Gasteiger charge is -2.09. The molecule has 0 saturated carbocycles. The lowest BCUT2D eigenvalue weighted by atomic mass is 10.2. The highest BCUT2D eigenvalue weighted by Gasteiger charge is 2.18. The summed E-state index contributed by atoms with van der Waals surface area (Å²) in [6.07, 6.45) is 1.40. The van der Waals surface area contributed by atoms with Gasteiger partial charge in [0.1, 0.15) is 5.69 Å². The smallest absolute Gasteiger partial charge is 0.274 e. The van der Waals surface area contributed by atoms with Crippen LogP contribution in [-0.4, -0.2) is 17.7 Å². The molecule has 6 nitrogen and oxygen atoms in total. The normalized spacial score (nSPS) is 12.2. The molecule has 1 aliphatic heterocycles. The van der Waals surface area contributed by atoms with E-state index in [2.05, 4.69) is 10.3 Å². The first-order valence-corrected chi connectivity index (χ1v) is 6.13. The summed E-state index contributed by atoms with van der Waals surface area (Å²) in [6.45, 7) is 0.144. The molecule has 0 atom stereocenters. The first-order valence-electron chi connectivity index (χ1n) is 5.75. The van der Waals surface area contributed by atoms with Crippen LogP contribution in [0.5, 0.6) is 11.5 Å². The summed E-state index contributed by atoms with van der Waals surface area (Å²) >= 11 is 5.72. The maximum atomic E-state index is 12.0. The van der Waals surface area contributed by atoms with Crippen molar-refractivity contribution in [2.45, 2.75) is 0 Å². The van der Waals surface area contributed by atoms with Gasteiger partial charge in [-0.25, -0.2) is 4.98 Å². The number of fused-ring (bicyclic) bond motifs is 1. The van der Waals surface area contributed by atoms with E-state index in [0.717, 1.165) is 0 Å². The Kier molecular flexibility index (Phi) is 3.08. The molecule has 0 aliphatic carbocycles. The van der Waals surface area contributed by atoms with Gasteiger partial charge in [-0.3, -0.25) is 4.79 Å². The molecule has 0 unspecified atom stereocenters. The topological polar surface area (TPSA) is 86.5 Å². The fourth-order valence-corrected chi connectivity index (χ4v) is 1.87. The molecule has 0 saturated heterocycles. The number of pyridine rings is 1. The van der Waals surface area contributed by atoms with E-state index in [1.165, 1.54) is 12.3 Å². The minimum Gasteiger partial charge on any atom is -0.454 e. The van der Waals surface area contributed by atoms with Crippen LogP contribution in [0.1, 0.15) is 10.5 Å². The van der Waals surface area contributed by atoms with E-state index >= 15 is 0 Å². The van der Waals surface area contributed by atoms with Crippen molar-refractivity contribution in [1.29, 1.82) is 0 Å². The summed E-state index contributed by atoms with van der Waals surface area (Å²) in [6, 6.07) is 6.34. The lowest BCUT2D eigenvalue weighted by molar-refractivity contribution is 0.102. The van der Waals surface area contributed by atoms with Crippen LogP contribution in [0.15, 0.2) is 30.5 Å². The third-order valence-electron chi connectivity index (χ3n) is 2.75. The molecule has 2 aromatic rings. The molecule has 102 valence electrons. The number of anilines is 2. The largest absolute Gasteiger partial charge is 0.454 e. The van der Waals surface area contributed by atoms with Gasteiger partial charge in [0.15, 0.2) is 11.5 Å². The summed E-state index contributed by atoms with van der Waals surface area (Å²) in [4.78, 5) is 16.0. The molecule has 20 heavy (non-hydrogen) atoms. The zero-order chi connectivity index (χ0) is 14.1. The molecular weight excluding hydrogens is 282 g/mol. The van der Waals surface area contributed by atoms with E-state index in [1.807, 2.05) is 0 Å². The summed E-state index contributed by atoms with van der Waals surface area (Å²) < 4.78 is 10.4. The van der Waals surface area contributed by atoms with Crippen molar-refractivity contribution in [3.8, 4) is 11.5 Å². The number of aromatic nitrogens is 1. The molecule has 3 rings (SSSR count). The number of nitrogen functional groups attached to an aromatic ring is 1. The van der Waals surface area contributed by atoms with Crippen LogP contribution in [0.2, 0.25) is 5.02 Å². The molecule has 0 spiro atoms. The highest BCUT2D eigenvalue weighted by atomic mass is 35.5. The summed E-state index contributed by atoms with van der Waals surface area (Å²) in [7, 11) is 0. The molecule has 7 heteroatoms. The summed E-state index contributed by atoms with van der Waals surface area (Å²) in [5.41, 5.74) is 6.92. The number of amides is 1. The molecule has 1 aromatic heterocycles. The van der Waals surface area contributed by atoms with Gasteiger partial charge in [0.05, 0.1) is 16.4 Å². The van der Waals surface area contributed by atoms with E-state index in [-0.39, 0.29) is 18.4 Å². The van der Waals surface area contributed by atoms with Crippen LogP contribution < -0.4 is 20.5 Å². The van der Waals surface area contributed by atoms with Gasteiger partial charge in [-0.05, 0) is 12.1 Å². The number of halogens is 1. The Morgan fingerprint density at radius 1 is 1.30 bits per heavy atom. The van der Waals surface area contributed by atoms with Gasteiger partial charge in [-0.1, -0.05) is 11.6 Å². The van der Waals surface area contributed by atoms with Crippen LogP contribution in [0, 0.1) is 0 Å². The predicted octanol–water partition coefficient (Wildman–Crippen LogP) is 2.30. The van der Waals surface area contributed by atoms with Gasteiger partial charge in [0.2, 0.25) is 6.79 Å². The van der Waals surface area contributed by atoms with Gasteiger partial charge in [0, 0.05) is 18.3 Å². The average Bonchev–Trinajstić information content (AvgIpc) is 2.87. The monoisotopic (exact) mass is 291 g/mol. The Bertz CT molecular complexity index is 673. The lowest BCUT2D eigenvalue weighted by Crippen LogP contribution is -2.14. The van der Waals surface area contributed by atoms with Crippen LogP contribution in [-0.2, 0) is 0 Å². The fourth-order valence-electron chi connectivity index (χ4n) is 1.76. The van der Waals surface area contributed by atoms with Crippen LogP contribution in [0.3, 0.4) is 0 Å². The second-order valence-electron chi connectivity index (χ2n) is 4.11. The molecule has 3 N–H and O–H groups in total. The Hall–Kier alpha value is -2.47. The van der Waals surface area contributed by atoms with Crippen molar-refractivity contribution in [2.24, 2.45) is 0 Å². The maximum Gasteiger partial charge on any atom is 0.274 e. The summed E-state index contributed by atoms with van der Waals surface area (Å²) in [5, 5.41) is 3.13. The van der Waals surface area contributed by atoms with Gasteiger partial charge in [-0.2, -0.15) is 0 Å². The number of nitrogens with zero attached hydrogens (tertiary/aromatic N) is 1. The second kappa shape index (κ2) is 4.90. The Morgan fingerprint density at radius 3 is 2.75 bits per heavy atom. The van der Waals surface area contributed by atoms with Crippen LogP contribution >= 0.6 is 11.6 Å². The molecule has 1 aliphatic rings. The van der Waals surface area contributed by atoms with Crippen LogP contribution in [0.25, 0.3) is 0 Å². The molecular formula is C13H10ClN3O3. The molecule has 2 heterocycles. The fraction of sp³-hybridized carbons (Fsp3) is 0.0769. The zero-order valence-corrected chi connectivity index (χ0v) is 11.0. The SMILES string of the molecule is Nc1cc2c(cc1NC(=O)c1ccc(Cl)cn1)OCO2. The van der Waals surface area contributed by atoms with Gasteiger partial charge < -0.3 is 20.5 Å². The number of benzene rings is 1. The van der Waals surface area contributed by atoms with Gasteiger partial charge in [0.25, 0.3) is 5.91 Å². The van der Waals surface area contributed by atoms with Crippen LogP contribution in [0.4, 0.5) is 11.4 Å². The van der Waals surface area contributed by atoms with Crippen molar-refractivity contribution < 1.29 is 14.3 Å². The molecule has 0 bridgehead atoms. The Morgan fingerprint density at radius 2 is 2.05 bits per heavy atom. The van der Waals surface area contributed by atoms with E-state index in [1.54, 1.807) is 18.2 Å². The number of carbonyl (C=O) groups is 1. The molecule has 1 amide bonds. The van der Waals surface area contributed by atoms with E-state index in [0.29, 0.717) is 27.9 Å². The van der Waals surface area contributed by atoms with Crippen molar-refractivity contribution in [2.75, 3.05) is 17.8 Å². The standard InChI is InChI=1S/C13H10ClN3O3/c14-7-1-2-9(16-5-7)13(18)17-10-4-12-11(3-8(10)15)19-6-20-12/h1-5H,6,15H2,(H,17,18). The number of nitrogens with two attached hydrogens (primary N) is 1. The third kappa shape index (κ3) is 2.33. The number of rotatable bonds is 2. The first-order chi connectivity index (χ1) is 9.63. The minimum atomic E-state index is -0.382. The van der Waals surface area contributed by atoms with E-state index in [9.17, 15) is 4.79 Å². The number of hydrogen-bond donors (Lipinski definition) is 2. The van der Waals surface area contributed by atoms with Crippen molar-refractivity contribution in [3.63, 3.8) is 0 Å². The first kappa shape index (κ1) is 12.6. The highest BCUT2D eigenvalue weighted by molar-refractivity contribution is 6.30. The number of nitrogens with one attached hydrogen (secondary N) is 1. The second-order valence-corrected chi connectivity index (χ2v) is 4.54. The number of ether oxygens (including phenoxy) is 2. The van der Waals surface area contributed by atoms with Crippen molar-refractivity contribution >= 4 is 28.9 Å². The Labute approximate surface area is 119 Å². The van der Waals surface area contributed by atoms with Crippen molar-refractivity contribution in [3.05, 3.63) is 41.2 Å². The minimum absolute atomic E-state index is 0.144.